The number of ketones is 1. The normalized spacial score (nSPS) is 28.9. The van der Waals surface area contributed by atoms with Gasteiger partial charge in [0.2, 0.25) is 0 Å². The summed E-state index contributed by atoms with van der Waals surface area (Å²) in [5.41, 5.74) is 2.36. The van der Waals surface area contributed by atoms with Gasteiger partial charge < -0.3 is 9.84 Å². The molecule has 22 heavy (non-hydrogen) atoms. The lowest BCUT2D eigenvalue weighted by molar-refractivity contribution is -0.120. The van der Waals surface area contributed by atoms with E-state index in [1.807, 2.05) is 19.1 Å². The lowest BCUT2D eigenvalue weighted by Gasteiger charge is -2.27. The van der Waals surface area contributed by atoms with Gasteiger partial charge in [0.1, 0.15) is 0 Å². The number of aromatic hydroxyl groups is 1. The highest BCUT2D eigenvalue weighted by Crippen LogP contribution is 2.46. The summed E-state index contributed by atoms with van der Waals surface area (Å²) < 4.78 is 5.08. The Labute approximate surface area is 131 Å². The van der Waals surface area contributed by atoms with Crippen LogP contribution >= 0.6 is 0 Å². The maximum absolute atomic E-state index is 12.3. The Morgan fingerprint density at radius 1 is 1.32 bits per heavy atom. The quantitative estimate of drug-likeness (QED) is 0.926. The second kappa shape index (κ2) is 5.99. The van der Waals surface area contributed by atoms with Crippen LogP contribution in [0.3, 0.4) is 0 Å². The maximum Gasteiger partial charge on any atom is 0.160 e. The Morgan fingerprint density at radius 2 is 2.14 bits per heavy atom. The van der Waals surface area contributed by atoms with Crippen LogP contribution in [0.15, 0.2) is 42.0 Å². The van der Waals surface area contributed by atoms with Crippen LogP contribution in [0.5, 0.6) is 11.5 Å². The Kier molecular flexibility index (Phi) is 4.06. The molecule has 3 atom stereocenters. The van der Waals surface area contributed by atoms with Crippen LogP contribution in [0, 0.1) is 17.8 Å². The first-order valence-corrected chi connectivity index (χ1v) is 7.88. The van der Waals surface area contributed by atoms with Crippen LogP contribution in [-0.4, -0.2) is 18.0 Å². The summed E-state index contributed by atoms with van der Waals surface area (Å²) in [7, 11) is 1.54. The van der Waals surface area contributed by atoms with E-state index in [2.05, 4.69) is 6.08 Å². The number of phenols is 1. The SMILES string of the molecule is CC=C1C=CC(=O)[C@@H]2[C@H](Cc3ccc(OC)c(O)c3)CC[C@H]12. The van der Waals surface area contributed by atoms with Crippen molar-refractivity contribution in [2.24, 2.45) is 17.8 Å². The number of phenolic OH excluding ortho intramolecular Hbond substituents is 1. The molecule has 1 fully saturated rings. The van der Waals surface area contributed by atoms with Crippen molar-refractivity contribution in [2.45, 2.75) is 26.2 Å². The molecule has 0 aliphatic heterocycles. The van der Waals surface area contributed by atoms with E-state index in [-0.39, 0.29) is 17.5 Å². The van der Waals surface area contributed by atoms with Gasteiger partial charge in [-0.05, 0) is 67.4 Å². The molecule has 1 saturated carbocycles. The molecule has 3 rings (SSSR count). The summed E-state index contributed by atoms with van der Waals surface area (Å²) in [4.78, 5) is 12.3. The van der Waals surface area contributed by atoms with Crippen LogP contribution in [0.25, 0.3) is 0 Å². The fraction of sp³-hybridized carbons (Fsp3) is 0.421. The molecule has 1 aromatic carbocycles. The summed E-state index contributed by atoms with van der Waals surface area (Å²) >= 11 is 0. The van der Waals surface area contributed by atoms with Gasteiger partial charge in [-0.3, -0.25) is 4.79 Å². The molecule has 1 aromatic rings. The van der Waals surface area contributed by atoms with Gasteiger partial charge in [-0.25, -0.2) is 0 Å². The molecular weight excluding hydrogens is 276 g/mol. The van der Waals surface area contributed by atoms with Gasteiger partial charge in [-0.1, -0.05) is 18.2 Å². The van der Waals surface area contributed by atoms with Crippen LogP contribution in [0.2, 0.25) is 0 Å². The number of fused-ring (bicyclic) bond motifs is 1. The van der Waals surface area contributed by atoms with E-state index in [0.717, 1.165) is 24.8 Å². The van der Waals surface area contributed by atoms with Crippen LogP contribution in [0.4, 0.5) is 0 Å². The molecule has 116 valence electrons. The first-order valence-electron chi connectivity index (χ1n) is 7.88. The highest BCUT2D eigenvalue weighted by atomic mass is 16.5. The fourth-order valence-electron chi connectivity index (χ4n) is 4.00. The van der Waals surface area contributed by atoms with E-state index in [9.17, 15) is 9.90 Å². The largest absolute Gasteiger partial charge is 0.504 e. The van der Waals surface area contributed by atoms with Gasteiger partial charge in [0.05, 0.1) is 7.11 Å². The van der Waals surface area contributed by atoms with Crippen LogP contribution in [-0.2, 0) is 11.2 Å². The third-order valence-electron chi connectivity index (χ3n) is 5.06. The standard InChI is InChI=1S/C19H22O3/c1-3-13-6-8-16(20)19-14(5-7-15(13)19)10-12-4-9-18(22-2)17(21)11-12/h3-4,6,8-9,11,14-15,19,21H,5,7,10H2,1-2H3/t14-,15+,19+/m0/s1. The monoisotopic (exact) mass is 298 g/mol. The number of hydrogen-bond acceptors (Lipinski definition) is 3. The summed E-state index contributed by atoms with van der Waals surface area (Å²) in [6.07, 6.45) is 8.81. The molecular formula is C19H22O3. The molecule has 0 amide bonds. The zero-order valence-corrected chi connectivity index (χ0v) is 13.1. The summed E-state index contributed by atoms with van der Waals surface area (Å²) in [6, 6.07) is 5.52. The Morgan fingerprint density at radius 3 is 2.82 bits per heavy atom. The van der Waals surface area contributed by atoms with Gasteiger partial charge in [0, 0.05) is 5.92 Å². The predicted octanol–water partition coefficient (Wildman–Crippen LogP) is 3.67. The highest BCUT2D eigenvalue weighted by molar-refractivity contribution is 5.94. The smallest absolute Gasteiger partial charge is 0.160 e. The van der Waals surface area contributed by atoms with Crippen LogP contribution in [0.1, 0.15) is 25.3 Å². The van der Waals surface area contributed by atoms with Crippen molar-refractivity contribution in [1.82, 2.24) is 0 Å². The van der Waals surface area contributed by atoms with Gasteiger partial charge in [0.25, 0.3) is 0 Å². The molecule has 0 saturated heterocycles. The van der Waals surface area contributed by atoms with E-state index in [0.29, 0.717) is 17.6 Å². The molecule has 0 radical (unpaired) electrons. The fourth-order valence-corrected chi connectivity index (χ4v) is 4.00. The van der Waals surface area contributed by atoms with Crippen LogP contribution < -0.4 is 4.74 Å². The van der Waals surface area contributed by atoms with E-state index < -0.39 is 0 Å². The second-order valence-electron chi connectivity index (χ2n) is 6.20. The van der Waals surface area contributed by atoms with Gasteiger partial charge in [-0.15, -0.1) is 0 Å². The van der Waals surface area contributed by atoms with E-state index in [4.69, 9.17) is 4.74 Å². The van der Waals surface area contributed by atoms with E-state index in [1.54, 1.807) is 25.3 Å². The Bertz CT molecular complexity index is 642. The minimum absolute atomic E-state index is 0.0976. The van der Waals surface area contributed by atoms with Crippen molar-refractivity contribution in [2.75, 3.05) is 7.11 Å². The number of rotatable bonds is 3. The van der Waals surface area contributed by atoms with E-state index >= 15 is 0 Å². The predicted molar refractivity (Wildman–Crippen MR) is 86.0 cm³/mol. The van der Waals surface area contributed by atoms with Crippen molar-refractivity contribution >= 4 is 5.78 Å². The molecule has 0 spiro atoms. The molecule has 0 heterocycles. The van der Waals surface area contributed by atoms with Crippen molar-refractivity contribution < 1.29 is 14.6 Å². The van der Waals surface area contributed by atoms with Gasteiger partial charge in [0.15, 0.2) is 17.3 Å². The average Bonchev–Trinajstić information content (AvgIpc) is 2.93. The number of ether oxygens (including phenoxy) is 1. The molecule has 3 nitrogen and oxygen atoms in total. The van der Waals surface area contributed by atoms with Gasteiger partial charge >= 0.3 is 0 Å². The van der Waals surface area contributed by atoms with Crippen molar-refractivity contribution in [3.63, 3.8) is 0 Å². The topological polar surface area (TPSA) is 46.5 Å². The lowest BCUT2D eigenvalue weighted by Crippen LogP contribution is -2.28. The number of carbonyl (C=O) groups excluding carboxylic acids is 1. The molecule has 0 bridgehead atoms. The number of allylic oxidation sites excluding steroid dienone is 4. The van der Waals surface area contributed by atoms with Crippen molar-refractivity contribution in [3.8, 4) is 11.5 Å². The number of benzene rings is 1. The molecule has 0 aromatic heterocycles. The zero-order chi connectivity index (χ0) is 15.7. The molecule has 2 aliphatic rings. The average molecular weight is 298 g/mol. The molecule has 0 unspecified atom stereocenters. The minimum atomic E-state index is 0.0976. The van der Waals surface area contributed by atoms with E-state index in [1.165, 1.54) is 5.57 Å². The number of hydrogen-bond donors (Lipinski definition) is 1. The Hall–Kier alpha value is -2.03. The third kappa shape index (κ3) is 2.56. The van der Waals surface area contributed by atoms with Crippen molar-refractivity contribution in [1.29, 1.82) is 0 Å². The molecule has 1 N–H and O–H groups in total. The number of carbonyl (C=O) groups is 1. The first kappa shape index (κ1) is 14.9. The summed E-state index contributed by atoms with van der Waals surface area (Å²) in [5.74, 6) is 1.74. The zero-order valence-electron chi connectivity index (χ0n) is 13.1. The minimum Gasteiger partial charge on any atom is -0.504 e. The highest BCUT2D eigenvalue weighted by Gasteiger charge is 2.42. The Balaban J connectivity index is 1.80. The molecule has 3 heteroatoms. The first-order chi connectivity index (χ1) is 10.6. The summed E-state index contributed by atoms with van der Waals surface area (Å²) in [6.45, 7) is 2.04. The van der Waals surface area contributed by atoms with Gasteiger partial charge in [-0.2, -0.15) is 0 Å². The third-order valence-corrected chi connectivity index (χ3v) is 5.06. The maximum atomic E-state index is 12.3. The lowest BCUT2D eigenvalue weighted by atomic mass is 9.76. The second-order valence-corrected chi connectivity index (χ2v) is 6.20. The number of methoxy groups -OCH3 is 1. The van der Waals surface area contributed by atoms with Crippen molar-refractivity contribution in [3.05, 3.63) is 47.6 Å². The summed E-state index contributed by atoms with van der Waals surface area (Å²) in [5, 5.41) is 9.92. The molecule has 2 aliphatic carbocycles.